The molecule has 0 spiro atoms. The van der Waals surface area contributed by atoms with Gasteiger partial charge in [-0.15, -0.1) is 0 Å². The Bertz CT molecular complexity index is 551. The number of piperidine rings is 1. The van der Waals surface area contributed by atoms with Crippen LogP contribution in [0.2, 0.25) is 0 Å². The molecule has 5 nitrogen and oxygen atoms in total. The summed E-state index contributed by atoms with van der Waals surface area (Å²) in [6, 6.07) is 9.10. The van der Waals surface area contributed by atoms with E-state index in [-0.39, 0.29) is 24.5 Å². The highest BCUT2D eigenvalue weighted by Gasteiger charge is 2.40. The molecule has 1 aromatic carbocycles. The molecule has 5 heteroatoms. The number of ether oxygens (including phenoxy) is 1. The van der Waals surface area contributed by atoms with Gasteiger partial charge in [0.1, 0.15) is 11.6 Å². The minimum absolute atomic E-state index is 0.109. The second-order valence-corrected chi connectivity index (χ2v) is 6.91. The zero-order valence-corrected chi connectivity index (χ0v) is 14.1. The Hall–Kier alpha value is -1.88. The number of benzene rings is 1. The van der Waals surface area contributed by atoms with Crippen molar-refractivity contribution in [1.29, 1.82) is 0 Å². The second kappa shape index (κ2) is 7.13. The van der Waals surface area contributed by atoms with Gasteiger partial charge in [0.2, 0.25) is 5.91 Å². The van der Waals surface area contributed by atoms with Gasteiger partial charge in [-0.2, -0.15) is 0 Å². The first-order valence-corrected chi connectivity index (χ1v) is 8.12. The predicted octanol–water partition coefficient (Wildman–Crippen LogP) is 2.41. The molecule has 2 unspecified atom stereocenters. The van der Waals surface area contributed by atoms with Crippen LogP contribution in [0.5, 0.6) is 0 Å². The number of carbonyl (C=O) groups excluding carboxylic acids is 2. The molecule has 126 valence electrons. The molecule has 0 aliphatic carbocycles. The Morgan fingerprint density at radius 1 is 1.22 bits per heavy atom. The summed E-state index contributed by atoms with van der Waals surface area (Å²) in [6.45, 7) is 5.38. The van der Waals surface area contributed by atoms with Crippen molar-refractivity contribution in [3.63, 3.8) is 0 Å². The first kappa shape index (κ1) is 17.5. The number of nitrogens with zero attached hydrogens (tertiary/aromatic N) is 1. The largest absolute Gasteiger partial charge is 0.458 e. The molecular formula is C18H26N2O3. The monoisotopic (exact) mass is 318 g/mol. The van der Waals surface area contributed by atoms with Crippen molar-refractivity contribution in [3.8, 4) is 0 Å². The molecule has 2 N–H and O–H groups in total. The van der Waals surface area contributed by atoms with Gasteiger partial charge in [-0.3, -0.25) is 4.79 Å². The molecule has 1 amide bonds. The summed E-state index contributed by atoms with van der Waals surface area (Å²) < 4.78 is 5.51. The average molecular weight is 318 g/mol. The highest BCUT2D eigenvalue weighted by Crippen LogP contribution is 2.35. The first-order chi connectivity index (χ1) is 10.8. The highest BCUT2D eigenvalue weighted by molar-refractivity contribution is 5.86. The summed E-state index contributed by atoms with van der Waals surface area (Å²) in [5.74, 6) is -0.561. The van der Waals surface area contributed by atoms with Crippen LogP contribution in [-0.2, 0) is 14.3 Å². The number of hydrogen-bond acceptors (Lipinski definition) is 4. The van der Waals surface area contributed by atoms with Gasteiger partial charge in [0.25, 0.3) is 0 Å². The average Bonchev–Trinajstić information content (AvgIpc) is 2.52. The molecule has 1 saturated heterocycles. The third-order valence-electron chi connectivity index (χ3n) is 3.95. The Morgan fingerprint density at radius 2 is 1.87 bits per heavy atom. The first-order valence-electron chi connectivity index (χ1n) is 8.12. The molecule has 1 aliphatic rings. The minimum Gasteiger partial charge on any atom is -0.458 e. The van der Waals surface area contributed by atoms with E-state index in [1.54, 1.807) is 4.90 Å². The van der Waals surface area contributed by atoms with Gasteiger partial charge >= 0.3 is 5.97 Å². The number of carbonyl (C=O) groups is 2. The lowest BCUT2D eigenvalue weighted by Gasteiger charge is -2.41. The number of hydrogen-bond donors (Lipinski definition) is 1. The number of rotatable bonds is 3. The number of likely N-dealkylation sites (tertiary alicyclic amines) is 1. The van der Waals surface area contributed by atoms with Crippen LogP contribution < -0.4 is 5.73 Å². The lowest BCUT2D eigenvalue weighted by molar-refractivity contribution is -0.168. The smallest absolute Gasteiger partial charge is 0.329 e. The van der Waals surface area contributed by atoms with Crippen LogP contribution in [0, 0.1) is 0 Å². The fourth-order valence-corrected chi connectivity index (χ4v) is 3.06. The van der Waals surface area contributed by atoms with Crippen LogP contribution in [0.3, 0.4) is 0 Å². The highest BCUT2D eigenvalue weighted by atomic mass is 16.6. The van der Waals surface area contributed by atoms with E-state index in [9.17, 15) is 9.59 Å². The maximum Gasteiger partial charge on any atom is 0.329 e. The summed E-state index contributed by atoms with van der Waals surface area (Å²) in [5, 5.41) is 0. The molecule has 0 saturated carbocycles. The molecule has 0 aromatic heterocycles. The summed E-state index contributed by atoms with van der Waals surface area (Å²) in [6.07, 6.45) is 2.32. The number of nitrogens with two attached hydrogens (primary N) is 1. The fraction of sp³-hybridized carbons (Fsp3) is 0.556. The van der Waals surface area contributed by atoms with E-state index in [0.29, 0.717) is 6.42 Å². The van der Waals surface area contributed by atoms with Crippen LogP contribution in [0.25, 0.3) is 0 Å². The van der Waals surface area contributed by atoms with E-state index in [4.69, 9.17) is 10.5 Å². The molecule has 23 heavy (non-hydrogen) atoms. The van der Waals surface area contributed by atoms with Crippen LogP contribution in [0.4, 0.5) is 0 Å². The van der Waals surface area contributed by atoms with Crippen molar-refractivity contribution in [2.75, 3.05) is 6.54 Å². The molecule has 2 atom stereocenters. The molecule has 1 heterocycles. The zero-order valence-electron chi connectivity index (χ0n) is 14.1. The molecule has 2 rings (SSSR count). The van der Waals surface area contributed by atoms with Gasteiger partial charge in [0, 0.05) is 0 Å². The molecule has 1 fully saturated rings. The van der Waals surface area contributed by atoms with Crippen molar-refractivity contribution in [3.05, 3.63) is 35.9 Å². The lowest BCUT2D eigenvalue weighted by Crippen LogP contribution is -2.53. The fourth-order valence-electron chi connectivity index (χ4n) is 3.06. The zero-order chi connectivity index (χ0) is 17.0. The quantitative estimate of drug-likeness (QED) is 0.869. The predicted molar refractivity (Wildman–Crippen MR) is 88.6 cm³/mol. The Morgan fingerprint density at radius 3 is 2.43 bits per heavy atom. The van der Waals surface area contributed by atoms with Crippen molar-refractivity contribution < 1.29 is 14.3 Å². The molecule has 1 aromatic rings. The standard InChI is InChI=1S/C18H26N2O3/c1-18(2,3)23-17(22)15-11-7-10-14(20(15)16(21)12-19)13-8-5-4-6-9-13/h4-6,8-9,14-15H,7,10-12,19H2,1-3H3. The van der Waals surface area contributed by atoms with Crippen LogP contribution >= 0.6 is 0 Å². The van der Waals surface area contributed by atoms with Crippen molar-refractivity contribution in [1.82, 2.24) is 4.90 Å². The summed E-state index contributed by atoms with van der Waals surface area (Å²) in [5.41, 5.74) is 6.04. The van der Waals surface area contributed by atoms with Crippen molar-refractivity contribution in [2.24, 2.45) is 5.73 Å². The normalized spacial score (nSPS) is 21.8. The molecule has 0 radical (unpaired) electrons. The van der Waals surface area contributed by atoms with E-state index >= 15 is 0 Å². The summed E-state index contributed by atoms with van der Waals surface area (Å²) >= 11 is 0. The van der Waals surface area contributed by atoms with E-state index < -0.39 is 11.6 Å². The maximum atomic E-state index is 12.6. The molecule has 0 bridgehead atoms. The third kappa shape index (κ3) is 4.32. The SMILES string of the molecule is CC(C)(C)OC(=O)C1CCCC(c2ccccc2)N1C(=O)CN. The van der Waals surface area contributed by atoms with Crippen LogP contribution in [0.15, 0.2) is 30.3 Å². The molecule has 1 aliphatic heterocycles. The van der Waals surface area contributed by atoms with Gasteiger partial charge in [-0.1, -0.05) is 30.3 Å². The van der Waals surface area contributed by atoms with Gasteiger partial charge in [-0.25, -0.2) is 4.79 Å². The topological polar surface area (TPSA) is 72.6 Å². The van der Waals surface area contributed by atoms with Gasteiger partial charge in [-0.05, 0) is 45.6 Å². The van der Waals surface area contributed by atoms with Crippen molar-refractivity contribution >= 4 is 11.9 Å². The van der Waals surface area contributed by atoms with Gasteiger partial charge in [0.05, 0.1) is 12.6 Å². The second-order valence-electron chi connectivity index (χ2n) is 6.91. The minimum atomic E-state index is -0.575. The van der Waals surface area contributed by atoms with Crippen LogP contribution in [0.1, 0.15) is 51.6 Å². The molecular weight excluding hydrogens is 292 g/mol. The Kier molecular flexibility index (Phi) is 5.42. The Labute approximate surface area is 137 Å². The van der Waals surface area contributed by atoms with Gasteiger partial charge < -0.3 is 15.4 Å². The maximum absolute atomic E-state index is 12.6. The van der Waals surface area contributed by atoms with Gasteiger partial charge in [0.15, 0.2) is 0 Å². The summed E-state index contributed by atoms with van der Waals surface area (Å²) in [4.78, 5) is 26.6. The number of amides is 1. The van der Waals surface area contributed by atoms with E-state index in [1.165, 1.54) is 0 Å². The summed E-state index contributed by atoms with van der Waals surface area (Å²) in [7, 11) is 0. The third-order valence-corrected chi connectivity index (χ3v) is 3.95. The Balaban J connectivity index is 2.30. The number of esters is 1. The lowest BCUT2D eigenvalue weighted by atomic mass is 9.90. The van der Waals surface area contributed by atoms with E-state index in [1.807, 2.05) is 51.1 Å². The van der Waals surface area contributed by atoms with Crippen molar-refractivity contribution in [2.45, 2.75) is 57.7 Å². The van der Waals surface area contributed by atoms with Crippen LogP contribution in [-0.4, -0.2) is 35.0 Å². The van der Waals surface area contributed by atoms with E-state index in [2.05, 4.69) is 0 Å². The van der Waals surface area contributed by atoms with E-state index in [0.717, 1.165) is 18.4 Å².